The van der Waals surface area contributed by atoms with E-state index in [2.05, 4.69) is 22.4 Å². The van der Waals surface area contributed by atoms with Crippen molar-refractivity contribution in [1.29, 1.82) is 0 Å². The second kappa shape index (κ2) is 5.99. The molecule has 0 atom stereocenters. The Kier molecular flexibility index (Phi) is 4.30. The standard InChI is InChI=1S/C14H20N4O3/c1-9-2-5-14(6-3-9,13(15)18-21)17-12(20)10-4-7-16-8-11(10)19/h4,7-9,19,21H,2-3,5-6H2,1H3,(H2,15,18)(H,17,20). The Labute approximate surface area is 122 Å². The highest BCUT2D eigenvalue weighted by molar-refractivity contribution is 6.01. The van der Waals surface area contributed by atoms with Crippen molar-refractivity contribution in [2.75, 3.05) is 0 Å². The van der Waals surface area contributed by atoms with Gasteiger partial charge in [-0.05, 0) is 37.7 Å². The average Bonchev–Trinajstić information content (AvgIpc) is 2.49. The number of carbonyl (C=O) groups excluding carboxylic acids is 1. The molecule has 1 aromatic heterocycles. The van der Waals surface area contributed by atoms with Gasteiger partial charge in [-0.3, -0.25) is 9.78 Å². The zero-order valence-electron chi connectivity index (χ0n) is 11.9. The van der Waals surface area contributed by atoms with Crippen LogP contribution in [0.2, 0.25) is 0 Å². The van der Waals surface area contributed by atoms with Gasteiger partial charge in [-0.2, -0.15) is 0 Å². The van der Waals surface area contributed by atoms with Crippen molar-refractivity contribution in [1.82, 2.24) is 10.3 Å². The number of pyridine rings is 1. The summed E-state index contributed by atoms with van der Waals surface area (Å²) in [5, 5.41) is 24.6. The maximum atomic E-state index is 12.3. The fraction of sp³-hybridized carbons (Fsp3) is 0.500. The van der Waals surface area contributed by atoms with E-state index in [0.717, 1.165) is 12.8 Å². The number of aromatic hydroxyl groups is 1. The lowest BCUT2D eigenvalue weighted by atomic mass is 9.76. The van der Waals surface area contributed by atoms with Crippen LogP contribution in [-0.2, 0) is 0 Å². The minimum atomic E-state index is -0.867. The van der Waals surface area contributed by atoms with E-state index in [1.54, 1.807) is 0 Å². The van der Waals surface area contributed by atoms with Gasteiger partial charge in [-0.1, -0.05) is 12.1 Å². The molecular formula is C14H20N4O3. The molecule has 1 aliphatic carbocycles. The van der Waals surface area contributed by atoms with Gasteiger partial charge in [0.1, 0.15) is 11.3 Å². The van der Waals surface area contributed by atoms with Gasteiger partial charge in [0.15, 0.2) is 5.84 Å². The Morgan fingerprint density at radius 2 is 2.19 bits per heavy atom. The largest absolute Gasteiger partial charge is 0.505 e. The van der Waals surface area contributed by atoms with Gasteiger partial charge in [-0.15, -0.1) is 0 Å². The van der Waals surface area contributed by atoms with E-state index in [1.807, 2.05) is 0 Å². The van der Waals surface area contributed by atoms with Crippen LogP contribution in [-0.4, -0.2) is 32.6 Å². The predicted molar refractivity (Wildman–Crippen MR) is 77.1 cm³/mol. The van der Waals surface area contributed by atoms with E-state index >= 15 is 0 Å². The topological polar surface area (TPSA) is 121 Å². The Bertz CT molecular complexity index is 551. The van der Waals surface area contributed by atoms with Crippen molar-refractivity contribution in [3.8, 4) is 5.75 Å². The number of nitrogens with zero attached hydrogens (tertiary/aromatic N) is 2. The van der Waals surface area contributed by atoms with Gasteiger partial charge in [0.05, 0.1) is 11.8 Å². The first-order valence-electron chi connectivity index (χ1n) is 6.92. The summed E-state index contributed by atoms with van der Waals surface area (Å²) in [4.78, 5) is 16.1. The molecule has 1 amide bonds. The third kappa shape index (κ3) is 3.07. The van der Waals surface area contributed by atoms with Crippen molar-refractivity contribution in [2.45, 2.75) is 38.1 Å². The van der Waals surface area contributed by atoms with Crippen LogP contribution in [0.1, 0.15) is 43.0 Å². The highest BCUT2D eigenvalue weighted by atomic mass is 16.4. The molecule has 7 heteroatoms. The zero-order chi connectivity index (χ0) is 15.5. The monoisotopic (exact) mass is 292 g/mol. The molecule has 5 N–H and O–H groups in total. The van der Waals surface area contributed by atoms with Crippen LogP contribution in [0.3, 0.4) is 0 Å². The fourth-order valence-corrected chi connectivity index (χ4v) is 2.66. The van der Waals surface area contributed by atoms with E-state index in [0.29, 0.717) is 18.8 Å². The molecule has 0 unspecified atom stereocenters. The molecule has 21 heavy (non-hydrogen) atoms. The van der Waals surface area contributed by atoms with E-state index in [4.69, 9.17) is 10.9 Å². The number of nitrogens with two attached hydrogens (primary N) is 1. The maximum Gasteiger partial charge on any atom is 0.255 e. The second-order valence-electron chi connectivity index (χ2n) is 5.60. The summed E-state index contributed by atoms with van der Waals surface area (Å²) < 4.78 is 0. The molecule has 0 bridgehead atoms. The lowest BCUT2D eigenvalue weighted by molar-refractivity contribution is 0.0894. The zero-order valence-corrected chi connectivity index (χ0v) is 11.9. The second-order valence-corrected chi connectivity index (χ2v) is 5.60. The van der Waals surface area contributed by atoms with Crippen LogP contribution in [0.4, 0.5) is 0 Å². The van der Waals surface area contributed by atoms with E-state index in [1.165, 1.54) is 18.5 Å². The summed E-state index contributed by atoms with van der Waals surface area (Å²) in [7, 11) is 0. The Balaban J connectivity index is 2.24. The van der Waals surface area contributed by atoms with E-state index in [9.17, 15) is 9.90 Å². The number of aromatic nitrogens is 1. The Morgan fingerprint density at radius 1 is 1.52 bits per heavy atom. The number of amidine groups is 1. The molecule has 1 aromatic rings. The summed E-state index contributed by atoms with van der Waals surface area (Å²) in [5.74, 6) is -0.128. The molecule has 0 aromatic carbocycles. The summed E-state index contributed by atoms with van der Waals surface area (Å²) in [6, 6.07) is 1.43. The van der Waals surface area contributed by atoms with E-state index < -0.39 is 11.4 Å². The third-order valence-corrected chi connectivity index (χ3v) is 4.12. The van der Waals surface area contributed by atoms with Gasteiger partial charge >= 0.3 is 0 Å². The Hall–Kier alpha value is -2.31. The molecule has 2 rings (SSSR count). The van der Waals surface area contributed by atoms with Crippen LogP contribution in [0.15, 0.2) is 23.6 Å². The maximum absolute atomic E-state index is 12.3. The molecule has 114 valence electrons. The van der Waals surface area contributed by atoms with Crippen LogP contribution in [0, 0.1) is 5.92 Å². The SMILES string of the molecule is CC1CCC(NC(=O)c2ccncc2O)(/C(N)=N/O)CC1. The molecule has 0 saturated heterocycles. The minimum absolute atomic E-state index is 0.00343. The third-order valence-electron chi connectivity index (χ3n) is 4.12. The minimum Gasteiger partial charge on any atom is -0.505 e. The van der Waals surface area contributed by atoms with Crippen molar-refractivity contribution in [3.63, 3.8) is 0 Å². The molecule has 0 radical (unpaired) electrons. The number of nitrogens with one attached hydrogen (secondary N) is 1. The summed E-state index contributed by atoms with van der Waals surface area (Å²) in [6.45, 7) is 2.13. The quantitative estimate of drug-likeness (QED) is 0.289. The van der Waals surface area contributed by atoms with Gasteiger partial charge in [0, 0.05) is 6.20 Å². The Morgan fingerprint density at radius 3 is 2.76 bits per heavy atom. The predicted octanol–water partition coefficient (Wildman–Crippen LogP) is 1.21. The summed E-state index contributed by atoms with van der Waals surface area (Å²) in [5.41, 5.74) is 5.06. The molecule has 1 fully saturated rings. The highest BCUT2D eigenvalue weighted by Crippen LogP contribution is 2.32. The van der Waals surface area contributed by atoms with Crippen LogP contribution in [0.25, 0.3) is 0 Å². The van der Waals surface area contributed by atoms with Crippen LogP contribution in [0.5, 0.6) is 5.75 Å². The van der Waals surface area contributed by atoms with Crippen molar-refractivity contribution in [2.24, 2.45) is 16.8 Å². The molecular weight excluding hydrogens is 272 g/mol. The first kappa shape index (κ1) is 15.1. The van der Waals surface area contributed by atoms with Crippen molar-refractivity contribution in [3.05, 3.63) is 24.0 Å². The number of hydrogen-bond acceptors (Lipinski definition) is 5. The number of rotatable bonds is 3. The molecule has 0 aliphatic heterocycles. The molecule has 0 spiro atoms. The number of carbonyl (C=O) groups is 1. The van der Waals surface area contributed by atoms with Crippen molar-refractivity contribution < 1.29 is 15.1 Å². The number of amides is 1. The van der Waals surface area contributed by atoms with Crippen molar-refractivity contribution >= 4 is 11.7 Å². The lowest BCUT2D eigenvalue weighted by Crippen LogP contribution is -2.59. The van der Waals surface area contributed by atoms with Crippen LogP contribution < -0.4 is 11.1 Å². The van der Waals surface area contributed by atoms with E-state index in [-0.39, 0.29) is 17.1 Å². The molecule has 1 heterocycles. The molecule has 1 aliphatic rings. The smallest absolute Gasteiger partial charge is 0.255 e. The van der Waals surface area contributed by atoms with Gasteiger partial charge < -0.3 is 21.4 Å². The molecule has 1 saturated carbocycles. The van der Waals surface area contributed by atoms with Gasteiger partial charge in [0.2, 0.25) is 0 Å². The summed E-state index contributed by atoms with van der Waals surface area (Å²) >= 11 is 0. The summed E-state index contributed by atoms with van der Waals surface area (Å²) in [6.07, 6.45) is 5.57. The van der Waals surface area contributed by atoms with Gasteiger partial charge in [0.25, 0.3) is 5.91 Å². The first-order valence-corrected chi connectivity index (χ1v) is 6.92. The fourth-order valence-electron chi connectivity index (χ4n) is 2.66. The first-order chi connectivity index (χ1) is 9.98. The number of hydrogen-bond donors (Lipinski definition) is 4. The number of oxime groups is 1. The normalized spacial score (nSPS) is 26.3. The van der Waals surface area contributed by atoms with Gasteiger partial charge in [-0.25, -0.2) is 0 Å². The lowest BCUT2D eigenvalue weighted by Gasteiger charge is -2.39. The average molecular weight is 292 g/mol. The van der Waals surface area contributed by atoms with Crippen LogP contribution >= 0.6 is 0 Å². The molecule has 7 nitrogen and oxygen atoms in total. The highest BCUT2D eigenvalue weighted by Gasteiger charge is 2.40.